The number of carbonyl (C=O) groups excluding carboxylic acids is 2. The van der Waals surface area contributed by atoms with E-state index < -0.39 is 6.09 Å². The first-order valence-electron chi connectivity index (χ1n) is 12.1. The second-order valence-electron chi connectivity index (χ2n) is 9.36. The van der Waals surface area contributed by atoms with Gasteiger partial charge in [0.25, 0.3) is 11.8 Å². The molecule has 2 aliphatic rings. The molecular formula is C26H33N5O4. The Hall–Kier alpha value is -3.30. The molecule has 0 saturated carbocycles. The van der Waals surface area contributed by atoms with Crippen LogP contribution < -0.4 is 5.32 Å². The van der Waals surface area contributed by atoms with Crippen LogP contribution in [0.4, 0.5) is 4.79 Å². The van der Waals surface area contributed by atoms with E-state index >= 15 is 0 Å². The van der Waals surface area contributed by atoms with Gasteiger partial charge < -0.3 is 15.3 Å². The van der Waals surface area contributed by atoms with Crippen LogP contribution in [0.5, 0.6) is 0 Å². The number of carbonyl (C=O) groups is 3. The Balaban J connectivity index is 1.39. The van der Waals surface area contributed by atoms with Crippen LogP contribution in [0, 0.1) is 13.8 Å². The normalized spacial score (nSPS) is 17.9. The van der Waals surface area contributed by atoms with Gasteiger partial charge in [0.1, 0.15) is 0 Å². The van der Waals surface area contributed by atoms with Gasteiger partial charge in [-0.15, -0.1) is 0 Å². The summed E-state index contributed by atoms with van der Waals surface area (Å²) in [6, 6.07) is 8.89. The summed E-state index contributed by atoms with van der Waals surface area (Å²) in [6.07, 6.45) is 2.40. The van der Waals surface area contributed by atoms with Crippen molar-refractivity contribution in [1.82, 2.24) is 25.0 Å². The largest absolute Gasteiger partial charge is 0.465 e. The van der Waals surface area contributed by atoms with E-state index in [0.29, 0.717) is 63.4 Å². The van der Waals surface area contributed by atoms with Crippen LogP contribution in [-0.4, -0.2) is 88.0 Å². The minimum atomic E-state index is -0.897. The van der Waals surface area contributed by atoms with E-state index in [4.69, 9.17) is 0 Å². The summed E-state index contributed by atoms with van der Waals surface area (Å²) in [6.45, 7) is 8.07. The molecule has 3 heterocycles. The molecule has 2 N–H and O–H groups in total. The molecule has 9 heteroatoms. The number of hydrogen-bond donors (Lipinski definition) is 2. The summed E-state index contributed by atoms with van der Waals surface area (Å²) in [4.78, 5) is 46.7. The standard InChI is InChI=1S/C26H33N5O4/c1-18-13-19(2)23(28-14-18)17-29(16-20-15-27-9-12-30(20)26(34)35)10-5-6-11-31-24(32)21-7-3-4-8-22(21)25(31)33/h3-4,7-8,13-14,20,27H,5-6,9-12,15-17H2,1-2H3,(H,34,35). The first-order valence-corrected chi connectivity index (χ1v) is 12.1. The van der Waals surface area contributed by atoms with Gasteiger partial charge in [-0.2, -0.15) is 0 Å². The summed E-state index contributed by atoms with van der Waals surface area (Å²) >= 11 is 0. The Morgan fingerprint density at radius 2 is 1.89 bits per heavy atom. The molecule has 0 spiro atoms. The highest BCUT2D eigenvalue weighted by Crippen LogP contribution is 2.23. The molecule has 1 atom stereocenters. The zero-order valence-corrected chi connectivity index (χ0v) is 20.4. The Kier molecular flexibility index (Phi) is 7.77. The number of rotatable bonds is 9. The number of unbranched alkanes of at least 4 members (excludes halogenated alkanes) is 1. The topological polar surface area (TPSA) is 106 Å². The third-order valence-corrected chi connectivity index (χ3v) is 6.75. The average molecular weight is 480 g/mol. The number of imide groups is 1. The Labute approximate surface area is 205 Å². The summed E-state index contributed by atoms with van der Waals surface area (Å²) < 4.78 is 0. The molecule has 1 saturated heterocycles. The lowest BCUT2D eigenvalue weighted by Gasteiger charge is -2.37. The summed E-state index contributed by atoms with van der Waals surface area (Å²) in [7, 11) is 0. The second-order valence-corrected chi connectivity index (χ2v) is 9.36. The summed E-state index contributed by atoms with van der Waals surface area (Å²) in [5.74, 6) is -0.459. The first kappa shape index (κ1) is 24.8. The number of nitrogens with one attached hydrogen (secondary N) is 1. The van der Waals surface area contributed by atoms with E-state index in [1.165, 1.54) is 9.80 Å². The van der Waals surface area contributed by atoms with Crippen molar-refractivity contribution < 1.29 is 19.5 Å². The van der Waals surface area contributed by atoms with Gasteiger partial charge in [0.05, 0.1) is 22.9 Å². The van der Waals surface area contributed by atoms with Crippen LogP contribution in [0.1, 0.15) is 50.4 Å². The molecule has 0 bridgehead atoms. The average Bonchev–Trinajstić information content (AvgIpc) is 3.08. The van der Waals surface area contributed by atoms with Crippen LogP contribution in [0.2, 0.25) is 0 Å². The number of nitrogens with zero attached hydrogens (tertiary/aromatic N) is 4. The van der Waals surface area contributed by atoms with Crippen LogP contribution in [0.3, 0.4) is 0 Å². The first-order chi connectivity index (χ1) is 16.8. The van der Waals surface area contributed by atoms with Crippen molar-refractivity contribution in [2.45, 2.75) is 39.3 Å². The van der Waals surface area contributed by atoms with Gasteiger partial charge in [-0.1, -0.05) is 18.2 Å². The molecule has 0 aliphatic carbocycles. The number of aryl methyl sites for hydroxylation is 2. The Bertz CT molecular complexity index is 1070. The molecule has 35 heavy (non-hydrogen) atoms. The summed E-state index contributed by atoms with van der Waals surface area (Å²) in [5.41, 5.74) is 4.13. The van der Waals surface area contributed by atoms with Crippen molar-refractivity contribution in [2.24, 2.45) is 0 Å². The number of aromatic nitrogens is 1. The van der Waals surface area contributed by atoms with Crippen molar-refractivity contribution in [1.29, 1.82) is 0 Å². The molecule has 9 nitrogen and oxygen atoms in total. The molecule has 2 aromatic rings. The van der Waals surface area contributed by atoms with Crippen molar-refractivity contribution in [3.8, 4) is 0 Å². The van der Waals surface area contributed by atoms with Crippen molar-refractivity contribution in [3.05, 3.63) is 64.5 Å². The molecule has 0 radical (unpaired) electrons. The van der Waals surface area contributed by atoms with Crippen LogP contribution in [0.25, 0.3) is 0 Å². The number of benzene rings is 1. The number of amides is 3. The maximum absolute atomic E-state index is 12.6. The maximum Gasteiger partial charge on any atom is 0.407 e. The van der Waals surface area contributed by atoms with Crippen molar-refractivity contribution >= 4 is 17.9 Å². The van der Waals surface area contributed by atoms with E-state index in [9.17, 15) is 19.5 Å². The number of carboxylic acid groups (broad SMARTS) is 1. The monoisotopic (exact) mass is 479 g/mol. The predicted molar refractivity (Wildman–Crippen MR) is 131 cm³/mol. The predicted octanol–water partition coefficient (Wildman–Crippen LogP) is 2.53. The third-order valence-electron chi connectivity index (χ3n) is 6.75. The number of hydrogen-bond acceptors (Lipinski definition) is 6. The molecule has 4 rings (SSSR count). The quantitative estimate of drug-likeness (QED) is 0.421. The fourth-order valence-electron chi connectivity index (χ4n) is 4.88. The van der Waals surface area contributed by atoms with Crippen LogP contribution in [0.15, 0.2) is 36.5 Å². The molecule has 1 unspecified atom stereocenters. The van der Waals surface area contributed by atoms with E-state index in [-0.39, 0.29) is 17.9 Å². The Morgan fingerprint density at radius 3 is 2.54 bits per heavy atom. The van der Waals surface area contributed by atoms with Gasteiger partial charge in [0.15, 0.2) is 0 Å². The highest BCUT2D eigenvalue weighted by atomic mass is 16.4. The van der Waals surface area contributed by atoms with Gasteiger partial charge in [-0.25, -0.2) is 4.79 Å². The van der Waals surface area contributed by atoms with Gasteiger partial charge >= 0.3 is 6.09 Å². The van der Waals surface area contributed by atoms with Crippen molar-refractivity contribution in [3.63, 3.8) is 0 Å². The lowest BCUT2D eigenvalue weighted by atomic mass is 10.1. The van der Waals surface area contributed by atoms with E-state index in [0.717, 1.165) is 23.2 Å². The highest BCUT2D eigenvalue weighted by Gasteiger charge is 2.34. The van der Waals surface area contributed by atoms with E-state index in [1.54, 1.807) is 24.3 Å². The molecule has 2 aliphatic heterocycles. The minimum absolute atomic E-state index is 0.150. The van der Waals surface area contributed by atoms with Gasteiger partial charge in [0.2, 0.25) is 0 Å². The molecule has 3 amide bonds. The van der Waals surface area contributed by atoms with E-state index in [2.05, 4.69) is 21.3 Å². The summed E-state index contributed by atoms with van der Waals surface area (Å²) in [5, 5.41) is 12.9. The highest BCUT2D eigenvalue weighted by molar-refractivity contribution is 6.21. The van der Waals surface area contributed by atoms with Crippen LogP contribution >= 0.6 is 0 Å². The smallest absolute Gasteiger partial charge is 0.407 e. The van der Waals surface area contributed by atoms with Gasteiger partial charge in [-0.3, -0.25) is 24.4 Å². The Morgan fingerprint density at radius 1 is 1.17 bits per heavy atom. The lowest BCUT2D eigenvalue weighted by molar-refractivity contribution is 0.0649. The zero-order chi connectivity index (χ0) is 24.9. The molecule has 1 fully saturated rings. The SMILES string of the molecule is Cc1cnc(CN(CCCCN2C(=O)c3ccccc3C2=O)CC2CNCCN2C(=O)O)c(C)c1. The second kappa shape index (κ2) is 11.0. The van der Waals surface area contributed by atoms with Gasteiger partial charge in [-0.05, 0) is 56.5 Å². The van der Waals surface area contributed by atoms with Crippen LogP contribution in [-0.2, 0) is 6.54 Å². The number of fused-ring (bicyclic) bond motifs is 1. The maximum atomic E-state index is 12.6. The van der Waals surface area contributed by atoms with Gasteiger partial charge in [0, 0.05) is 45.5 Å². The minimum Gasteiger partial charge on any atom is -0.465 e. The lowest BCUT2D eigenvalue weighted by Crippen LogP contribution is -2.57. The number of pyridine rings is 1. The fraction of sp³-hybridized carbons (Fsp3) is 0.462. The molecular weight excluding hydrogens is 446 g/mol. The zero-order valence-electron chi connectivity index (χ0n) is 20.4. The molecule has 186 valence electrons. The molecule has 1 aromatic carbocycles. The van der Waals surface area contributed by atoms with Crippen molar-refractivity contribution in [2.75, 3.05) is 39.3 Å². The number of piperazine rings is 1. The fourth-order valence-corrected chi connectivity index (χ4v) is 4.88. The third kappa shape index (κ3) is 5.68. The molecule has 1 aromatic heterocycles. The van der Waals surface area contributed by atoms with E-state index in [1.807, 2.05) is 20.0 Å².